The summed E-state index contributed by atoms with van der Waals surface area (Å²) in [7, 11) is 0. The average molecular weight is 290 g/mol. The van der Waals surface area contributed by atoms with E-state index in [2.05, 4.69) is 11.4 Å². The minimum atomic E-state index is 0.0787. The van der Waals surface area contributed by atoms with Crippen molar-refractivity contribution in [2.24, 2.45) is 11.7 Å². The first-order chi connectivity index (χ1) is 10.0. The average Bonchev–Trinajstić information content (AvgIpc) is 2.42. The van der Waals surface area contributed by atoms with E-state index in [0.717, 1.165) is 31.4 Å². The van der Waals surface area contributed by atoms with Crippen LogP contribution in [-0.4, -0.2) is 25.1 Å². The lowest BCUT2D eigenvalue weighted by Crippen LogP contribution is -2.39. The number of hydrogen-bond acceptors (Lipinski definition) is 3. The molecule has 2 unspecified atom stereocenters. The van der Waals surface area contributed by atoms with Gasteiger partial charge < -0.3 is 15.8 Å². The predicted octanol–water partition coefficient (Wildman–Crippen LogP) is 2.32. The van der Waals surface area contributed by atoms with Crippen LogP contribution in [0.15, 0.2) is 18.2 Å². The zero-order valence-electron chi connectivity index (χ0n) is 13.0. The fraction of sp³-hybridized carbons (Fsp3) is 0.588. The smallest absolute Gasteiger partial charge is 0.223 e. The van der Waals surface area contributed by atoms with Crippen LogP contribution in [0, 0.1) is 19.8 Å². The van der Waals surface area contributed by atoms with Gasteiger partial charge in [-0.05, 0) is 56.4 Å². The molecule has 0 radical (unpaired) electrons. The van der Waals surface area contributed by atoms with E-state index in [0.29, 0.717) is 13.2 Å². The van der Waals surface area contributed by atoms with Gasteiger partial charge in [-0.1, -0.05) is 12.5 Å². The Morgan fingerprint density at radius 2 is 2.00 bits per heavy atom. The van der Waals surface area contributed by atoms with Gasteiger partial charge in [0.1, 0.15) is 12.4 Å². The lowest BCUT2D eigenvalue weighted by atomic mass is 9.85. The van der Waals surface area contributed by atoms with Crippen molar-refractivity contribution in [3.05, 3.63) is 29.3 Å². The molecule has 1 aromatic carbocycles. The highest BCUT2D eigenvalue weighted by atomic mass is 16.5. The summed E-state index contributed by atoms with van der Waals surface area (Å²) >= 11 is 0. The summed E-state index contributed by atoms with van der Waals surface area (Å²) < 4.78 is 5.69. The maximum absolute atomic E-state index is 12.0. The molecule has 0 heterocycles. The molecule has 0 spiro atoms. The van der Waals surface area contributed by atoms with E-state index in [1.807, 2.05) is 26.0 Å². The predicted molar refractivity (Wildman–Crippen MR) is 84.4 cm³/mol. The summed E-state index contributed by atoms with van der Waals surface area (Å²) in [6, 6.07) is 6.31. The maximum Gasteiger partial charge on any atom is 0.223 e. The Labute approximate surface area is 127 Å². The van der Waals surface area contributed by atoms with Crippen LogP contribution in [0.5, 0.6) is 5.75 Å². The minimum absolute atomic E-state index is 0.0787. The second-order valence-corrected chi connectivity index (χ2v) is 6.09. The highest BCUT2D eigenvalue weighted by molar-refractivity contribution is 5.78. The van der Waals surface area contributed by atoms with Crippen molar-refractivity contribution >= 4 is 5.91 Å². The van der Waals surface area contributed by atoms with Gasteiger partial charge in [-0.2, -0.15) is 0 Å². The third-order valence-electron chi connectivity index (χ3n) is 3.95. The lowest BCUT2D eigenvalue weighted by Gasteiger charge is -2.25. The van der Waals surface area contributed by atoms with Crippen LogP contribution >= 0.6 is 0 Å². The summed E-state index contributed by atoms with van der Waals surface area (Å²) in [6.07, 6.45) is 3.86. The van der Waals surface area contributed by atoms with Crippen LogP contribution in [0.1, 0.15) is 36.8 Å². The van der Waals surface area contributed by atoms with Gasteiger partial charge >= 0.3 is 0 Å². The molecule has 1 aliphatic rings. The zero-order chi connectivity index (χ0) is 15.2. The third kappa shape index (κ3) is 5.05. The molecule has 0 aromatic heterocycles. The highest BCUT2D eigenvalue weighted by Gasteiger charge is 2.24. The number of carbonyl (C=O) groups excluding carboxylic acids is 1. The van der Waals surface area contributed by atoms with E-state index in [9.17, 15) is 4.79 Å². The van der Waals surface area contributed by atoms with Gasteiger partial charge in [0, 0.05) is 12.0 Å². The minimum Gasteiger partial charge on any atom is -0.492 e. The standard InChI is InChI=1S/C17H26N2O2/c1-12-8-13(2)10-16(9-12)21-7-6-19-17(20)14-4-3-5-15(18)11-14/h8-10,14-15H,3-7,11,18H2,1-2H3,(H,19,20). The molecule has 1 saturated carbocycles. The molecule has 1 amide bonds. The molecule has 0 aliphatic heterocycles. The summed E-state index contributed by atoms with van der Waals surface area (Å²) in [4.78, 5) is 12.0. The molecule has 2 atom stereocenters. The normalized spacial score (nSPS) is 21.9. The summed E-state index contributed by atoms with van der Waals surface area (Å²) in [5, 5.41) is 2.95. The van der Waals surface area contributed by atoms with E-state index >= 15 is 0 Å². The van der Waals surface area contributed by atoms with Crippen LogP contribution in [0.25, 0.3) is 0 Å². The van der Waals surface area contributed by atoms with Crippen LogP contribution in [0.4, 0.5) is 0 Å². The monoisotopic (exact) mass is 290 g/mol. The molecule has 3 N–H and O–H groups in total. The molecule has 1 aliphatic carbocycles. The fourth-order valence-corrected chi connectivity index (χ4v) is 2.97. The Morgan fingerprint density at radius 1 is 1.29 bits per heavy atom. The molecule has 1 fully saturated rings. The van der Waals surface area contributed by atoms with Gasteiger partial charge in [0.2, 0.25) is 5.91 Å². The molecule has 21 heavy (non-hydrogen) atoms. The molecular weight excluding hydrogens is 264 g/mol. The van der Waals surface area contributed by atoms with Crippen molar-refractivity contribution in [3.63, 3.8) is 0 Å². The van der Waals surface area contributed by atoms with E-state index < -0.39 is 0 Å². The number of benzene rings is 1. The Hall–Kier alpha value is -1.55. The van der Waals surface area contributed by atoms with Gasteiger partial charge in [0.15, 0.2) is 0 Å². The van der Waals surface area contributed by atoms with Crippen molar-refractivity contribution in [2.75, 3.05) is 13.2 Å². The van der Waals surface area contributed by atoms with Gasteiger partial charge in [0.05, 0.1) is 6.54 Å². The molecular formula is C17H26N2O2. The van der Waals surface area contributed by atoms with Gasteiger partial charge in [-0.3, -0.25) is 4.79 Å². The van der Waals surface area contributed by atoms with Crippen molar-refractivity contribution < 1.29 is 9.53 Å². The topological polar surface area (TPSA) is 64.3 Å². The lowest BCUT2D eigenvalue weighted by molar-refractivity contribution is -0.126. The first kappa shape index (κ1) is 15.8. The number of amides is 1. The Morgan fingerprint density at radius 3 is 2.67 bits per heavy atom. The second kappa shape index (κ2) is 7.46. The van der Waals surface area contributed by atoms with Crippen molar-refractivity contribution in [3.8, 4) is 5.75 Å². The van der Waals surface area contributed by atoms with Gasteiger partial charge in [-0.25, -0.2) is 0 Å². The van der Waals surface area contributed by atoms with Crippen molar-refractivity contribution in [1.29, 1.82) is 0 Å². The molecule has 116 valence electrons. The van der Waals surface area contributed by atoms with Gasteiger partial charge in [0.25, 0.3) is 0 Å². The number of hydrogen-bond donors (Lipinski definition) is 2. The number of rotatable bonds is 5. The Bertz CT molecular complexity index is 467. The van der Waals surface area contributed by atoms with Gasteiger partial charge in [-0.15, -0.1) is 0 Å². The number of nitrogens with two attached hydrogens (primary N) is 1. The molecule has 0 bridgehead atoms. The Balaban J connectivity index is 1.70. The van der Waals surface area contributed by atoms with Crippen LogP contribution < -0.4 is 15.8 Å². The number of nitrogens with one attached hydrogen (secondary N) is 1. The zero-order valence-corrected chi connectivity index (χ0v) is 13.0. The van der Waals surface area contributed by atoms with Crippen LogP contribution in [-0.2, 0) is 4.79 Å². The molecule has 4 nitrogen and oxygen atoms in total. The first-order valence-corrected chi connectivity index (χ1v) is 7.79. The summed E-state index contributed by atoms with van der Waals surface area (Å²) in [6.45, 7) is 5.13. The summed E-state index contributed by atoms with van der Waals surface area (Å²) in [5.41, 5.74) is 8.29. The number of carbonyl (C=O) groups is 1. The molecule has 2 rings (SSSR count). The number of ether oxygens (including phenoxy) is 1. The summed E-state index contributed by atoms with van der Waals surface area (Å²) in [5.74, 6) is 1.06. The van der Waals surface area contributed by atoms with Crippen LogP contribution in [0.2, 0.25) is 0 Å². The van der Waals surface area contributed by atoms with E-state index in [-0.39, 0.29) is 17.9 Å². The molecule has 0 saturated heterocycles. The van der Waals surface area contributed by atoms with Crippen molar-refractivity contribution in [2.45, 2.75) is 45.6 Å². The fourth-order valence-electron chi connectivity index (χ4n) is 2.97. The maximum atomic E-state index is 12.0. The van der Waals surface area contributed by atoms with Crippen LogP contribution in [0.3, 0.4) is 0 Å². The SMILES string of the molecule is Cc1cc(C)cc(OCCNC(=O)C2CCCC(N)C2)c1. The second-order valence-electron chi connectivity index (χ2n) is 6.09. The largest absolute Gasteiger partial charge is 0.492 e. The Kier molecular flexibility index (Phi) is 5.62. The first-order valence-electron chi connectivity index (χ1n) is 7.79. The van der Waals surface area contributed by atoms with Crippen molar-refractivity contribution in [1.82, 2.24) is 5.32 Å². The quantitative estimate of drug-likeness (QED) is 0.818. The number of aryl methyl sites for hydroxylation is 2. The van der Waals surface area contributed by atoms with E-state index in [4.69, 9.17) is 10.5 Å². The van der Waals surface area contributed by atoms with E-state index in [1.165, 1.54) is 11.1 Å². The molecule has 4 heteroatoms. The molecule has 1 aromatic rings. The third-order valence-corrected chi connectivity index (χ3v) is 3.95. The highest BCUT2D eigenvalue weighted by Crippen LogP contribution is 2.23. The van der Waals surface area contributed by atoms with E-state index in [1.54, 1.807) is 0 Å².